The largest absolute Gasteiger partial charge is 0.334 e. The van der Waals surface area contributed by atoms with Gasteiger partial charge in [0.05, 0.1) is 6.04 Å². The fourth-order valence-corrected chi connectivity index (χ4v) is 2.22. The quantitative estimate of drug-likeness (QED) is 0.847. The lowest BCUT2D eigenvalue weighted by atomic mass is 10.0. The molecule has 1 unspecified atom stereocenters. The lowest BCUT2D eigenvalue weighted by Gasteiger charge is -2.12. The molecule has 3 heteroatoms. The maximum Gasteiger partial charge on any atom is 0.125 e. The second-order valence-electron chi connectivity index (χ2n) is 4.56. The second kappa shape index (κ2) is 6.36. The summed E-state index contributed by atoms with van der Waals surface area (Å²) in [6.45, 7) is 3.05. The fraction of sp³-hybridized carbons (Fsp3) is 0.400. The molecule has 0 aliphatic rings. The number of imidazole rings is 1. The van der Waals surface area contributed by atoms with Crippen LogP contribution in [0.1, 0.15) is 37.2 Å². The van der Waals surface area contributed by atoms with Crippen LogP contribution in [0.15, 0.2) is 42.7 Å². The molecule has 0 aliphatic carbocycles. The van der Waals surface area contributed by atoms with Gasteiger partial charge in [0.25, 0.3) is 0 Å². The highest BCUT2D eigenvalue weighted by atomic mass is 15.1. The Kier molecular flexibility index (Phi) is 4.53. The maximum atomic E-state index is 6.20. The molecule has 1 aromatic carbocycles. The number of benzene rings is 1. The summed E-state index contributed by atoms with van der Waals surface area (Å²) in [4.78, 5) is 4.35. The first-order chi connectivity index (χ1) is 8.81. The lowest BCUT2D eigenvalue weighted by molar-refractivity contribution is 0.547. The van der Waals surface area contributed by atoms with Crippen LogP contribution in [-0.4, -0.2) is 9.55 Å². The van der Waals surface area contributed by atoms with Gasteiger partial charge in [0.15, 0.2) is 0 Å². The van der Waals surface area contributed by atoms with Crippen LogP contribution in [0.4, 0.5) is 0 Å². The van der Waals surface area contributed by atoms with Gasteiger partial charge in [-0.3, -0.25) is 0 Å². The number of rotatable bonds is 6. The molecule has 0 amide bonds. The van der Waals surface area contributed by atoms with E-state index >= 15 is 0 Å². The Morgan fingerprint density at radius 2 is 2.06 bits per heavy atom. The van der Waals surface area contributed by atoms with E-state index in [4.69, 9.17) is 5.73 Å². The van der Waals surface area contributed by atoms with Gasteiger partial charge in [-0.15, -0.1) is 0 Å². The molecule has 2 N–H and O–H groups in total. The van der Waals surface area contributed by atoms with Crippen LogP contribution in [0, 0.1) is 0 Å². The molecule has 0 fully saturated rings. The monoisotopic (exact) mass is 243 g/mol. The average Bonchev–Trinajstić information content (AvgIpc) is 2.88. The van der Waals surface area contributed by atoms with Crippen LogP contribution in [0.5, 0.6) is 0 Å². The molecule has 1 atom stereocenters. The van der Waals surface area contributed by atoms with Gasteiger partial charge < -0.3 is 10.3 Å². The number of hydrogen-bond acceptors (Lipinski definition) is 2. The van der Waals surface area contributed by atoms with Crippen molar-refractivity contribution in [1.29, 1.82) is 0 Å². The first-order valence-electron chi connectivity index (χ1n) is 6.61. The summed E-state index contributed by atoms with van der Waals surface area (Å²) in [5, 5.41) is 0. The van der Waals surface area contributed by atoms with E-state index in [9.17, 15) is 0 Å². The summed E-state index contributed by atoms with van der Waals surface area (Å²) in [5.41, 5.74) is 7.57. The molecule has 96 valence electrons. The van der Waals surface area contributed by atoms with E-state index in [1.807, 2.05) is 18.5 Å². The van der Waals surface area contributed by atoms with Crippen molar-refractivity contribution in [2.45, 2.75) is 38.8 Å². The Morgan fingerprint density at radius 1 is 1.28 bits per heavy atom. The minimum Gasteiger partial charge on any atom is -0.334 e. The summed E-state index contributed by atoms with van der Waals surface area (Å²) < 4.78 is 2.12. The molecular formula is C15H21N3. The Bertz CT molecular complexity index is 462. The number of hydrogen-bond donors (Lipinski definition) is 1. The molecule has 0 spiro atoms. The summed E-state index contributed by atoms with van der Waals surface area (Å²) in [5.74, 6) is 1.01. The number of nitrogens with zero attached hydrogens (tertiary/aromatic N) is 2. The number of aromatic nitrogens is 2. The predicted octanol–water partition coefficient (Wildman–Crippen LogP) is 2.93. The van der Waals surface area contributed by atoms with Gasteiger partial charge in [-0.1, -0.05) is 30.3 Å². The molecule has 1 heterocycles. The van der Waals surface area contributed by atoms with Crippen LogP contribution < -0.4 is 5.73 Å². The van der Waals surface area contributed by atoms with E-state index in [-0.39, 0.29) is 6.04 Å². The molecule has 1 aromatic heterocycles. The fourth-order valence-electron chi connectivity index (χ4n) is 2.22. The Labute approximate surface area is 109 Å². The van der Waals surface area contributed by atoms with Crippen molar-refractivity contribution < 1.29 is 0 Å². The van der Waals surface area contributed by atoms with Crippen LogP contribution in [0.25, 0.3) is 0 Å². The zero-order chi connectivity index (χ0) is 12.8. The normalized spacial score (nSPS) is 12.6. The first kappa shape index (κ1) is 12.8. The number of aryl methyl sites for hydroxylation is 2. The van der Waals surface area contributed by atoms with E-state index < -0.39 is 0 Å². The van der Waals surface area contributed by atoms with E-state index in [0.29, 0.717) is 0 Å². The SMILES string of the molecule is CCn1ccnc1C(N)CCCc1ccccc1. The zero-order valence-electron chi connectivity index (χ0n) is 10.9. The van der Waals surface area contributed by atoms with E-state index in [1.54, 1.807) is 0 Å². The van der Waals surface area contributed by atoms with Gasteiger partial charge in [-0.2, -0.15) is 0 Å². The highest BCUT2D eigenvalue weighted by molar-refractivity contribution is 5.14. The van der Waals surface area contributed by atoms with Gasteiger partial charge >= 0.3 is 0 Å². The Morgan fingerprint density at radius 3 is 2.78 bits per heavy atom. The molecule has 18 heavy (non-hydrogen) atoms. The van der Waals surface area contributed by atoms with Gasteiger partial charge in [0.1, 0.15) is 5.82 Å². The highest BCUT2D eigenvalue weighted by Crippen LogP contribution is 2.16. The van der Waals surface area contributed by atoms with Crippen LogP contribution in [0.3, 0.4) is 0 Å². The summed E-state index contributed by atoms with van der Waals surface area (Å²) in [6, 6.07) is 10.6. The predicted molar refractivity (Wildman–Crippen MR) is 74.2 cm³/mol. The molecule has 0 saturated heterocycles. The lowest BCUT2D eigenvalue weighted by Crippen LogP contribution is -2.16. The standard InChI is InChI=1S/C15H21N3/c1-2-18-12-11-17-15(18)14(16)10-6-9-13-7-4-3-5-8-13/h3-5,7-8,11-12,14H,2,6,9-10,16H2,1H3. The van der Waals surface area contributed by atoms with Gasteiger partial charge in [-0.05, 0) is 31.7 Å². The first-order valence-corrected chi connectivity index (χ1v) is 6.61. The Hall–Kier alpha value is -1.61. The third kappa shape index (κ3) is 3.20. The van der Waals surface area contributed by atoms with Gasteiger partial charge in [-0.25, -0.2) is 4.98 Å². The van der Waals surface area contributed by atoms with Crippen molar-refractivity contribution in [3.8, 4) is 0 Å². The average molecular weight is 243 g/mol. The van der Waals surface area contributed by atoms with Crippen molar-refractivity contribution in [3.05, 3.63) is 54.1 Å². The molecular weight excluding hydrogens is 222 g/mol. The smallest absolute Gasteiger partial charge is 0.125 e. The molecule has 0 saturated carbocycles. The summed E-state index contributed by atoms with van der Waals surface area (Å²) in [6.07, 6.45) is 6.98. The topological polar surface area (TPSA) is 43.8 Å². The molecule has 2 aromatic rings. The Balaban J connectivity index is 1.84. The van der Waals surface area contributed by atoms with Crippen molar-refractivity contribution in [2.75, 3.05) is 0 Å². The highest BCUT2D eigenvalue weighted by Gasteiger charge is 2.11. The molecule has 3 nitrogen and oxygen atoms in total. The third-order valence-electron chi connectivity index (χ3n) is 3.24. The summed E-state index contributed by atoms with van der Waals surface area (Å²) in [7, 11) is 0. The molecule has 2 rings (SSSR count). The van der Waals surface area contributed by atoms with Gasteiger partial charge in [0, 0.05) is 18.9 Å². The van der Waals surface area contributed by atoms with Crippen LogP contribution in [0.2, 0.25) is 0 Å². The van der Waals surface area contributed by atoms with E-state index in [0.717, 1.165) is 31.6 Å². The van der Waals surface area contributed by atoms with E-state index in [1.165, 1.54) is 5.56 Å². The zero-order valence-corrected chi connectivity index (χ0v) is 10.9. The minimum absolute atomic E-state index is 0.0451. The minimum atomic E-state index is 0.0451. The molecule has 0 radical (unpaired) electrons. The third-order valence-corrected chi connectivity index (χ3v) is 3.24. The van der Waals surface area contributed by atoms with Gasteiger partial charge in [0.2, 0.25) is 0 Å². The van der Waals surface area contributed by atoms with Crippen molar-refractivity contribution in [3.63, 3.8) is 0 Å². The maximum absolute atomic E-state index is 6.20. The molecule has 0 aliphatic heterocycles. The second-order valence-corrected chi connectivity index (χ2v) is 4.56. The molecule has 0 bridgehead atoms. The van der Waals surface area contributed by atoms with Crippen molar-refractivity contribution >= 4 is 0 Å². The summed E-state index contributed by atoms with van der Waals surface area (Å²) >= 11 is 0. The van der Waals surface area contributed by atoms with Crippen LogP contribution in [-0.2, 0) is 13.0 Å². The van der Waals surface area contributed by atoms with E-state index in [2.05, 4.69) is 40.7 Å². The van der Waals surface area contributed by atoms with Crippen molar-refractivity contribution in [2.24, 2.45) is 5.73 Å². The van der Waals surface area contributed by atoms with Crippen molar-refractivity contribution in [1.82, 2.24) is 9.55 Å². The number of nitrogens with two attached hydrogens (primary N) is 1. The van der Waals surface area contributed by atoms with Crippen LogP contribution >= 0.6 is 0 Å².